The van der Waals surface area contributed by atoms with Crippen molar-refractivity contribution in [2.75, 3.05) is 18.5 Å². The van der Waals surface area contributed by atoms with Crippen LogP contribution in [-0.2, 0) is 14.8 Å². The first-order chi connectivity index (χ1) is 14.8. The van der Waals surface area contributed by atoms with Gasteiger partial charge in [-0.3, -0.25) is 10.1 Å². The van der Waals surface area contributed by atoms with E-state index in [0.29, 0.717) is 28.5 Å². The van der Waals surface area contributed by atoms with Crippen LogP contribution in [0.2, 0.25) is 0 Å². The van der Waals surface area contributed by atoms with Gasteiger partial charge in [0.2, 0.25) is 10.0 Å². The standard InChI is InChI=1S/C21H27N3O5S2/c1-2-22-31(28,29)16-9-7-15(8-10-16)17(11-14-5-3-4-6-14)20(27)24-21-23-18(13-30-21)19(26)12-25/h7-11,13-14,19,22,25-26H,2-6,12H2,1H3,(H,23,24,27). The van der Waals surface area contributed by atoms with Crippen LogP contribution in [0.4, 0.5) is 5.13 Å². The highest BCUT2D eigenvalue weighted by Crippen LogP contribution is 2.30. The molecule has 10 heteroatoms. The van der Waals surface area contributed by atoms with Gasteiger partial charge >= 0.3 is 0 Å². The Morgan fingerprint density at radius 1 is 1.29 bits per heavy atom. The molecule has 0 bridgehead atoms. The van der Waals surface area contributed by atoms with E-state index in [1.165, 1.54) is 12.1 Å². The summed E-state index contributed by atoms with van der Waals surface area (Å²) in [6.07, 6.45) is 5.10. The minimum Gasteiger partial charge on any atom is -0.393 e. The fourth-order valence-corrected chi connectivity index (χ4v) is 5.30. The molecular weight excluding hydrogens is 438 g/mol. The summed E-state index contributed by atoms with van der Waals surface area (Å²) in [7, 11) is -3.57. The van der Waals surface area contributed by atoms with Crippen molar-refractivity contribution in [2.24, 2.45) is 5.92 Å². The number of nitrogens with zero attached hydrogens (tertiary/aromatic N) is 1. The quantitative estimate of drug-likeness (QED) is 0.422. The lowest BCUT2D eigenvalue weighted by molar-refractivity contribution is -0.111. The number of hydrogen-bond donors (Lipinski definition) is 4. The zero-order chi connectivity index (χ0) is 22.4. The number of aromatic nitrogens is 1. The fraction of sp³-hybridized carbons (Fsp3) is 0.429. The van der Waals surface area contributed by atoms with Crippen LogP contribution in [0.15, 0.2) is 40.6 Å². The third kappa shape index (κ3) is 5.98. The second-order valence-electron chi connectivity index (χ2n) is 7.38. The van der Waals surface area contributed by atoms with Crippen LogP contribution in [-0.4, -0.2) is 42.7 Å². The second kappa shape index (κ2) is 10.5. The first-order valence-corrected chi connectivity index (χ1v) is 12.6. The predicted molar refractivity (Wildman–Crippen MR) is 120 cm³/mol. The Labute approximate surface area is 186 Å². The van der Waals surface area contributed by atoms with E-state index < -0.39 is 22.7 Å². The lowest BCUT2D eigenvalue weighted by atomic mass is 9.98. The van der Waals surface area contributed by atoms with Gasteiger partial charge in [-0.1, -0.05) is 38.0 Å². The monoisotopic (exact) mass is 465 g/mol. The number of benzene rings is 1. The Kier molecular flexibility index (Phi) is 7.95. The number of anilines is 1. The van der Waals surface area contributed by atoms with E-state index in [0.717, 1.165) is 37.0 Å². The zero-order valence-corrected chi connectivity index (χ0v) is 18.9. The van der Waals surface area contributed by atoms with E-state index >= 15 is 0 Å². The summed E-state index contributed by atoms with van der Waals surface area (Å²) in [6, 6.07) is 6.24. The first-order valence-electron chi connectivity index (χ1n) is 10.2. The molecule has 0 spiro atoms. The lowest BCUT2D eigenvalue weighted by Crippen LogP contribution is -2.23. The maximum Gasteiger partial charge on any atom is 0.257 e. The van der Waals surface area contributed by atoms with Crippen molar-refractivity contribution >= 4 is 38.0 Å². The number of carbonyl (C=O) groups is 1. The third-order valence-corrected chi connectivity index (χ3v) is 7.45. The highest BCUT2D eigenvalue weighted by Gasteiger charge is 2.21. The van der Waals surface area contributed by atoms with Gasteiger partial charge in [0.05, 0.1) is 17.2 Å². The summed E-state index contributed by atoms with van der Waals surface area (Å²) in [5.74, 6) is -0.0671. The van der Waals surface area contributed by atoms with Crippen LogP contribution in [0.1, 0.15) is 50.0 Å². The smallest absolute Gasteiger partial charge is 0.257 e. The largest absolute Gasteiger partial charge is 0.393 e. The molecule has 168 valence electrons. The Bertz CT molecular complexity index is 1030. The number of nitrogens with one attached hydrogen (secondary N) is 2. The highest BCUT2D eigenvalue weighted by molar-refractivity contribution is 7.89. The molecular formula is C21H27N3O5S2. The molecule has 1 aliphatic rings. The van der Waals surface area contributed by atoms with Gasteiger partial charge in [-0.05, 0) is 36.5 Å². The van der Waals surface area contributed by atoms with Crippen LogP contribution < -0.4 is 10.0 Å². The van der Waals surface area contributed by atoms with Gasteiger partial charge < -0.3 is 10.2 Å². The van der Waals surface area contributed by atoms with E-state index in [1.54, 1.807) is 24.4 Å². The lowest BCUT2D eigenvalue weighted by Gasteiger charge is -2.12. The maximum absolute atomic E-state index is 13.1. The van der Waals surface area contributed by atoms with Crippen LogP contribution >= 0.6 is 11.3 Å². The Morgan fingerprint density at radius 2 is 1.97 bits per heavy atom. The summed E-state index contributed by atoms with van der Waals surface area (Å²) in [5.41, 5.74) is 1.37. The Morgan fingerprint density at radius 3 is 2.58 bits per heavy atom. The van der Waals surface area contributed by atoms with Gasteiger partial charge in [0.25, 0.3) is 5.91 Å². The van der Waals surface area contributed by atoms with E-state index in [4.69, 9.17) is 5.11 Å². The molecule has 4 N–H and O–H groups in total. The molecule has 1 aromatic carbocycles. The normalized spacial score (nSPS) is 16.4. The van der Waals surface area contributed by atoms with Gasteiger partial charge in [-0.2, -0.15) is 0 Å². The van der Waals surface area contributed by atoms with Gasteiger partial charge in [0.1, 0.15) is 6.10 Å². The molecule has 1 aliphatic carbocycles. The van der Waals surface area contributed by atoms with Gasteiger partial charge in [0, 0.05) is 17.5 Å². The summed E-state index contributed by atoms with van der Waals surface area (Å²) >= 11 is 1.16. The molecule has 31 heavy (non-hydrogen) atoms. The van der Waals surface area contributed by atoms with E-state index in [1.807, 2.05) is 6.08 Å². The van der Waals surface area contributed by atoms with Crippen molar-refractivity contribution < 1.29 is 23.4 Å². The second-order valence-corrected chi connectivity index (χ2v) is 10.0. The van der Waals surface area contributed by atoms with Crippen molar-refractivity contribution in [1.82, 2.24) is 9.71 Å². The van der Waals surface area contributed by atoms with Crippen molar-refractivity contribution in [3.63, 3.8) is 0 Å². The average Bonchev–Trinajstić information content (AvgIpc) is 3.43. The predicted octanol–water partition coefficient (Wildman–Crippen LogP) is 2.68. The summed E-state index contributed by atoms with van der Waals surface area (Å²) in [4.78, 5) is 17.4. The van der Waals surface area contributed by atoms with Gasteiger partial charge in [-0.15, -0.1) is 11.3 Å². The first kappa shape index (κ1) is 23.6. The number of carbonyl (C=O) groups excluding carboxylic acids is 1. The number of amides is 1. The highest BCUT2D eigenvalue weighted by atomic mass is 32.2. The van der Waals surface area contributed by atoms with Crippen molar-refractivity contribution in [1.29, 1.82) is 0 Å². The van der Waals surface area contributed by atoms with Crippen LogP contribution in [0.25, 0.3) is 5.57 Å². The molecule has 2 aromatic rings. The molecule has 1 heterocycles. The van der Waals surface area contributed by atoms with Crippen LogP contribution in [0.3, 0.4) is 0 Å². The number of hydrogen-bond acceptors (Lipinski definition) is 7. The van der Waals surface area contributed by atoms with Crippen molar-refractivity contribution in [3.05, 3.63) is 47.0 Å². The number of thiazole rings is 1. The molecule has 1 aromatic heterocycles. The maximum atomic E-state index is 13.1. The zero-order valence-electron chi connectivity index (χ0n) is 17.2. The van der Waals surface area contributed by atoms with Crippen LogP contribution in [0.5, 0.6) is 0 Å². The molecule has 0 radical (unpaired) electrons. The van der Waals surface area contributed by atoms with Crippen LogP contribution in [0, 0.1) is 5.92 Å². The third-order valence-electron chi connectivity index (χ3n) is 5.11. The van der Waals surface area contributed by atoms with Gasteiger partial charge in [0.15, 0.2) is 5.13 Å². The number of sulfonamides is 1. The Hall–Kier alpha value is -2.11. The Balaban J connectivity index is 1.86. The molecule has 1 amide bonds. The molecule has 1 fully saturated rings. The summed E-state index contributed by atoms with van der Waals surface area (Å²) in [5, 5.41) is 23.4. The summed E-state index contributed by atoms with van der Waals surface area (Å²) in [6.45, 7) is 1.55. The summed E-state index contributed by atoms with van der Waals surface area (Å²) < 4.78 is 26.8. The molecule has 1 saturated carbocycles. The number of allylic oxidation sites excluding steroid dienone is 1. The molecule has 1 unspecified atom stereocenters. The van der Waals surface area contributed by atoms with E-state index in [-0.39, 0.29) is 16.7 Å². The molecule has 1 atom stereocenters. The SMILES string of the molecule is CCNS(=O)(=O)c1ccc(C(=CC2CCCC2)C(=O)Nc2nc(C(O)CO)cs2)cc1. The van der Waals surface area contributed by atoms with Crippen molar-refractivity contribution in [2.45, 2.75) is 43.6 Å². The molecule has 3 rings (SSSR count). The van der Waals surface area contributed by atoms with Gasteiger partial charge in [-0.25, -0.2) is 18.1 Å². The molecule has 0 aliphatic heterocycles. The van der Waals surface area contributed by atoms with E-state index in [9.17, 15) is 18.3 Å². The van der Waals surface area contributed by atoms with Crippen molar-refractivity contribution in [3.8, 4) is 0 Å². The topological polar surface area (TPSA) is 129 Å². The number of aliphatic hydroxyl groups excluding tert-OH is 2. The minimum absolute atomic E-state index is 0.140. The number of aliphatic hydroxyl groups is 2. The minimum atomic E-state index is -3.57. The molecule has 0 saturated heterocycles. The average molecular weight is 466 g/mol. The fourth-order valence-electron chi connectivity index (χ4n) is 3.50. The van der Waals surface area contributed by atoms with E-state index in [2.05, 4.69) is 15.0 Å². The number of rotatable bonds is 9. The molecule has 8 nitrogen and oxygen atoms in total.